The number of hydrogen-bond acceptors (Lipinski definition) is 4. The Morgan fingerprint density at radius 3 is 2.75 bits per heavy atom. The maximum absolute atomic E-state index is 11.9. The summed E-state index contributed by atoms with van der Waals surface area (Å²) in [5, 5.41) is 20.5. The number of nitrogens with one attached hydrogen (secondary N) is 1. The Labute approximate surface area is 117 Å². The first-order valence-electron chi connectivity index (χ1n) is 6.58. The van der Waals surface area contributed by atoms with Gasteiger partial charge in [0.1, 0.15) is 12.1 Å². The summed E-state index contributed by atoms with van der Waals surface area (Å²) >= 11 is 0. The molecule has 2 rings (SSSR count). The summed E-state index contributed by atoms with van der Waals surface area (Å²) in [5.41, 5.74) is 1.10. The van der Waals surface area contributed by atoms with E-state index in [-0.39, 0.29) is 17.6 Å². The molecule has 1 aliphatic heterocycles. The third-order valence-corrected chi connectivity index (χ3v) is 3.23. The second-order valence-electron chi connectivity index (χ2n) is 4.72. The van der Waals surface area contributed by atoms with Crippen LogP contribution >= 0.6 is 0 Å². The second-order valence-corrected chi connectivity index (χ2v) is 4.72. The van der Waals surface area contributed by atoms with Gasteiger partial charge < -0.3 is 10.1 Å². The highest BCUT2D eigenvalue weighted by molar-refractivity contribution is 5.91. The SMILES string of the molecule is N#Cc1ccc(NC(=O)CC2CCCCO2)cc1C#N. The molecule has 1 aromatic carbocycles. The molecule has 0 aliphatic carbocycles. The van der Waals surface area contributed by atoms with E-state index in [0.717, 1.165) is 19.3 Å². The second kappa shape index (κ2) is 6.70. The molecule has 1 heterocycles. The predicted molar refractivity (Wildman–Crippen MR) is 72.7 cm³/mol. The molecule has 0 bridgehead atoms. The molecule has 1 amide bonds. The summed E-state index contributed by atoms with van der Waals surface area (Å²) in [6, 6.07) is 8.55. The van der Waals surface area contributed by atoms with E-state index in [1.165, 1.54) is 12.1 Å². The highest BCUT2D eigenvalue weighted by Gasteiger charge is 2.17. The van der Waals surface area contributed by atoms with Crippen LogP contribution in [0.15, 0.2) is 18.2 Å². The van der Waals surface area contributed by atoms with E-state index >= 15 is 0 Å². The third kappa shape index (κ3) is 3.57. The van der Waals surface area contributed by atoms with Crippen molar-refractivity contribution in [2.45, 2.75) is 31.8 Å². The third-order valence-electron chi connectivity index (χ3n) is 3.23. The average Bonchev–Trinajstić information content (AvgIpc) is 2.48. The van der Waals surface area contributed by atoms with Crippen LogP contribution in [0.2, 0.25) is 0 Å². The van der Waals surface area contributed by atoms with E-state index in [2.05, 4.69) is 5.32 Å². The number of nitrogens with zero attached hydrogens (tertiary/aromatic N) is 2. The minimum atomic E-state index is -0.134. The minimum absolute atomic E-state index is 0.0161. The Kier molecular flexibility index (Phi) is 4.70. The molecule has 1 unspecified atom stereocenters. The van der Waals surface area contributed by atoms with Gasteiger partial charge in [0.25, 0.3) is 0 Å². The molecule has 1 N–H and O–H groups in total. The van der Waals surface area contributed by atoms with Crippen LogP contribution < -0.4 is 5.32 Å². The molecule has 1 aliphatic rings. The summed E-state index contributed by atoms with van der Waals surface area (Å²) in [6.45, 7) is 0.716. The molecule has 0 radical (unpaired) electrons. The van der Waals surface area contributed by atoms with Gasteiger partial charge in [-0.25, -0.2) is 0 Å². The molecule has 1 fully saturated rings. The highest BCUT2D eigenvalue weighted by Crippen LogP contribution is 2.18. The van der Waals surface area contributed by atoms with Crippen molar-refractivity contribution >= 4 is 11.6 Å². The first-order chi connectivity index (χ1) is 9.72. The molecule has 0 saturated carbocycles. The molecule has 1 atom stereocenters. The standard InChI is InChI=1S/C15H15N3O2/c16-9-11-4-5-13(7-12(11)10-17)18-15(19)8-14-3-1-2-6-20-14/h4-5,7,14H,1-3,6,8H2,(H,18,19). The maximum atomic E-state index is 11.9. The Bertz CT molecular complexity index is 578. The van der Waals surface area contributed by atoms with Gasteiger partial charge in [-0.15, -0.1) is 0 Å². The quantitative estimate of drug-likeness (QED) is 0.912. The summed E-state index contributed by atoms with van der Waals surface area (Å²) in [4.78, 5) is 11.9. The first kappa shape index (κ1) is 14.0. The monoisotopic (exact) mass is 269 g/mol. The van der Waals surface area contributed by atoms with Gasteiger partial charge in [-0.3, -0.25) is 4.79 Å². The Morgan fingerprint density at radius 2 is 2.10 bits per heavy atom. The first-order valence-corrected chi connectivity index (χ1v) is 6.58. The van der Waals surface area contributed by atoms with Crippen molar-refractivity contribution in [2.24, 2.45) is 0 Å². The van der Waals surface area contributed by atoms with Crippen LogP contribution in [0.1, 0.15) is 36.8 Å². The molecule has 1 aromatic rings. The number of carbonyl (C=O) groups excluding carboxylic acids is 1. The van der Waals surface area contributed by atoms with Crippen LogP contribution in [0, 0.1) is 22.7 Å². The number of hydrogen-bond donors (Lipinski definition) is 1. The summed E-state index contributed by atoms with van der Waals surface area (Å²) in [6.07, 6.45) is 3.36. The largest absolute Gasteiger partial charge is 0.378 e. The summed E-state index contributed by atoms with van der Waals surface area (Å²) in [5.74, 6) is -0.134. The summed E-state index contributed by atoms with van der Waals surface area (Å²) < 4.78 is 5.51. The lowest BCUT2D eigenvalue weighted by Crippen LogP contribution is -2.25. The highest BCUT2D eigenvalue weighted by atomic mass is 16.5. The Hall–Kier alpha value is -2.37. The van der Waals surface area contributed by atoms with Crippen molar-refractivity contribution in [3.63, 3.8) is 0 Å². The van der Waals surface area contributed by atoms with Crippen molar-refractivity contribution < 1.29 is 9.53 Å². The molecule has 20 heavy (non-hydrogen) atoms. The molecule has 1 saturated heterocycles. The fourth-order valence-corrected chi connectivity index (χ4v) is 2.20. The van der Waals surface area contributed by atoms with Gasteiger partial charge in [0.15, 0.2) is 0 Å². The van der Waals surface area contributed by atoms with Crippen LogP contribution in [0.25, 0.3) is 0 Å². The fraction of sp³-hybridized carbons (Fsp3) is 0.400. The molecule has 0 aromatic heterocycles. The fourth-order valence-electron chi connectivity index (χ4n) is 2.20. The lowest BCUT2D eigenvalue weighted by atomic mass is 10.1. The van der Waals surface area contributed by atoms with Gasteiger partial charge in [-0.2, -0.15) is 10.5 Å². The topological polar surface area (TPSA) is 85.9 Å². The van der Waals surface area contributed by atoms with E-state index in [0.29, 0.717) is 24.3 Å². The van der Waals surface area contributed by atoms with Crippen LogP contribution in [-0.2, 0) is 9.53 Å². The zero-order valence-corrected chi connectivity index (χ0v) is 11.1. The van der Waals surface area contributed by atoms with Crippen LogP contribution in [0.5, 0.6) is 0 Å². The van der Waals surface area contributed by atoms with E-state index in [1.807, 2.05) is 12.1 Å². The van der Waals surface area contributed by atoms with Crippen LogP contribution in [0.3, 0.4) is 0 Å². The number of anilines is 1. The maximum Gasteiger partial charge on any atom is 0.226 e. The number of nitriles is 2. The van der Waals surface area contributed by atoms with Gasteiger partial charge in [0, 0.05) is 12.3 Å². The molecular formula is C15H15N3O2. The minimum Gasteiger partial charge on any atom is -0.378 e. The normalized spacial score (nSPS) is 17.8. The number of ether oxygens (including phenoxy) is 1. The molecule has 5 nitrogen and oxygen atoms in total. The van der Waals surface area contributed by atoms with Gasteiger partial charge >= 0.3 is 0 Å². The van der Waals surface area contributed by atoms with Crippen molar-refractivity contribution in [3.8, 4) is 12.1 Å². The number of rotatable bonds is 3. The number of benzene rings is 1. The van der Waals surface area contributed by atoms with Crippen molar-refractivity contribution in [3.05, 3.63) is 29.3 Å². The number of amides is 1. The number of carbonyl (C=O) groups is 1. The zero-order chi connectivity index (χ0) is 14.4. The predicted octanol–water partition coefficient (Wildman–Crippen LogP) is 2.33. The van der Waals surface area contributed by atoms with Gasteiger partial charge in [-0.1, -0.05) is 0 Å². The van der Waals surface area contributed by atoms with Crippen molar-refractivity contribution in [1.82, 2.24) is 0 Å². The van der Waals surface area contributed by atoms with Crippen molar-refractivity contribution in [1.29, 1.82) is 10.5 Å². The molecule has 5 heteroatoms. The molecule has 102 valence electrons. The lowest BCUT2D eigenvalue weighted by molar-refractivity contribution is -0.119. The summed E-state index contributed by atoms with van der Waals surface area (Å²) in [7, 11) is 0. The van der Waals surface area contributed by atoms with Crippen molar-refractivity contribution in [2.75, 3.05) is 11.9 Å². The smallest absolute Gasteiger partial charge is 0.226 e. The van der Waals surface area contributed by atoms with E-state index in [9.17, 15) is 4.79 Å². The van der Waals surface area contributed by atoms with E-state index in [1.54, 1.807) is 6.07 Å². The van der Waals surface area contributed by atoms with Gasteiger partial charge in [-0.05, 0) is 37.5 Å². The van der Waals surface area contributed by atoms with E-state index < -0.39 is 0 Å². The lowest BCUT2D eigenvalue weighted by Gasteiger charge is -2.21. The van der Waals surface area contributed by atoms with Crippen LogP contribution in [-0.4, -0.2) is 18.6 Å². The Balaban J connectivity index is 1.97. The average molecular weight is 269 g/mol. The van der Waals surface area contributed by atoms with Crippen LogP contribution in [0.4, 0.5) is 5.69 Å². The van der Waals surface area contributed by atoms with Gasteiger partial charge in [0.2, 0.25) is 5.91 Å². The zero-order valence-electron chi connectivity index (χ0n) is 11.1. The van der Waals surface area contributed by atoms with E-state index in [4.69, 9.17) is 15.3 Å². The molecule has 0 spiro atoms. The Morgan fingerprint density at radius 1 is 1.30 bits per heavy atom. The van der Waals surface area contributed by atoms with Gasteiger partial charge in [0.05, 0.1) is 23.7 Å². The molecular weight excluding hydrogens is 254 g/mol.